The second-order valence-corrected chi connectivity index (χ2v) is 10.5. The van der Waals surface area contributed by atoms with Gasteiger partial charge >= 0.3 is 0 Å². The maximum atomic E-state index is 11.6. The Morgan fingerprint density at radius 3 is 1.55 bits per heavy atom. The van der Waals surface area contributed by atoms with Crippen molar-refractivity contribution in [2.24, 2.45) is 5.41 Å². The lowest BCUT2D eigenvalue weighted by Gasteiger charge is -2.28. The molecule has 0 spiro atoms. The molecule has 2 aliphatic rings. The molecule has 29 heavy (non-hydrogen) atoms. The van der Waals surface area contributed by atoms with Gasteiger partial charge in [-0.3, -0.25) is 0 Å². The zero-order chi connectivity index (χ0) is 20.7. The van der Waals surface area contributed by atoms with Crippen molar-refractivity contribution < 1.29 is 9.90 Å². The van der Waals surface area contributed by atoms with Gasteiger partial charge < -0.3 is 9.90 Å². The number of aldehydes is 1. The molecule has 0 heterocycles. The van der Waals surface area contributed by atoms with Gasteiger partial charge in [0.1, 0.15) is 12.0 Å². The lowest BCUT2D eigenvalue weighted by Crippen LogP contribution is -2.17. The Morgan fingerprint density at radius 2 is 1.17 bits per heavy atom. The molecule has 2 nitrogen and oxygen atoms in total. The fraction of sp³-hybridized carbons (Fsp3) is 0.741. The van der Waals surface area contributed by atoms with Gasteiger partial charge in [0.2, 0.25) is 0 Å². The molecule has 0 bridgehead atoms. The van der Waals surface area contributed by atoms with Crippen LogP contribution in [0.15, 0.2) is 12.1 Å². The molecule has 1 aromatic rings. The van der Waals surface area contributed by atoms with Crippen LogP contribution in [0, 0.1) is 5.41 Å². The molecule has 0 amide bonds. The number of hydrogen-bond donors (Lipinski definition) is 1. The number of aromatic hydroxyl groups is 1. The summed E-state index contributed by atoms with van der Waals surface area (Å²) in [7, 11) is 0. The average molecular weight is 399 g/mol. The van der Waals surface area contributed by atoms with Crippen LogP contribution >= 0.6 is 0 Å². The fourth-order valence-corrected chi connectivity index (χ4v) is 5.57. The zero-order valence-corrected chi connectivity index (χ0v) is 18.8. The van der Waals surface area contributed by atoms with Gasteiger partial charge in [0.25, 0.3) is 0 Å². The molecule has 162 valence electrons. The molecule has 2 fully saturated rings. The van der Waals surface area contributed by atoms with E-state index in [4.69, 9.17) is 0 Å². The van der Waals surface area contributed by atoms with Crippen molar-refractivity contribution in [3.05, 3.63) is 28.8 Å². The van der Waals surface area contributed by atoms with Gasteiger partial charge in [-0.15, -0.1) is 0 Å². The van der Waals surface area contributed by atoms with Crippen molar-refractivity contribution in [2.75, 3.05) is 0 Å². The first-order valence-corrected chi connectivity index (χ1v) is 12.3. The summed E-state index contributed by atoms with van der Waals surface area (Å²) in [5.74, 6) is 1.54. The van der Waals surface area contributed by atoms with Gasteiger partial charge in [0.05, 0.1) is 0 Å². The Labute approximate surface area is 178 Å². The highest BCUT2D eigenvalue weighted by atomic mass is 16.3. The molecule has 0 aromatic heterocycles. The monoisotopic (exact) mass is 398 g/mol. The van der Waals surface area contributed by atoms with Gasteiger partial charge in [-0.05, 0) is 60.6 Å². The third kappa shape index (κ3) is 6.33. The standard InChI is InChI=1S/C27H42O2/c1-27(2,20-28)19-21-17-24(22-13-9-5-3-6-10-14-22)26(29)25(18-21)23-15-11-7-4-8-12-16-23/h17-18,20,22-23,29H,3-16,19H2,1-2H3. The van der Waals surface area contributed by atoms with Crippen molar-refractivity contribution in [3.63, 3.8) is 0 Å². The second-order valence-electron chi connectivity index (χ2n) is 10.5. The summed E-state index contributed by atoms with van der Waals surface area (Å²) in [5.41, 5.74) is 3.26. The summed E-state index contributed by atoms with van der Waals surface area (Å²) in [6.07, 6.45) is 19.7. The van der Waals surface area contributed by atoms with Crippen LogP contribution < -0.4 is 0 Å². The number of carbonyl (C=O) groups is 1. The third-order valence-electron chi connectivity index (χ3n) is 7.30. The Hall–Kier alpha value is -1.31. The van der Waals surface area contributed by atoms with Crippen LogP contribution in [0.3, 0.4) is 0 Å². The number of benzene rings is 1. The van der Waals surface area contributed by atoms with Gasteiger partial charge in [-0.2, -0.15) is 0 Å². The zero-order valence-electron chi connectivity index (χ0n) is 18.8. The summed E-state index contributed by atoms with van der Waals surface area (Å²) in [6, 6.07) is 4.50. The summed E-state index contributed by atoms with van der Waals surface area (Å²) in [5, 5.41) is 11.4. The van der Waals surface area contributed by atoms with Crippen LogP contribution in [0.2, 0.25) is 0 Å². The van der Waals surface area contributed by atoms with Crippen LogP contribution in [-0.4, -0.2) is 11.4 Å². The van der Waals surface area contributed by atoms with Crippen LogP contribution in [0.4, 0.5) is 0 Å². The number of phenolic OH excluding ortho intramolecular Hbond substituents is 1. The molecule has 3 rings (SSSR count). The molecular weight excluding hydrogens is 356 g/mol. The maximum Gasteiger partial charge on any atom is 0.125 e. The van der Waals surface area contributed by atoms with E-state index in [9.17, 15) is 9.90 Å². The molecule has 1 N–H and O–H groups in total. The van der Waals surface area contributed by atoms with Crippen molar-refractivity contribution in [1.29, 1.82) is 0 Å². The van der Waals surface area contributed by atoms with Gasteiger partial charge in [-0.25, -0.2) is 0 Å². The lowest BCUT2D eigenvalue weighted by atomic mass is 9.78. The van der Waals surface area contributed by atoms with Crippen molar-refractivity contribution >= 4 is 6.29 Å². The first kappa shape index (κ1) is 22.4. The Balaban J connectivity index is 1.97. The fourth-order valence-electron chi connectivity index (χ4n) is 5.57. The lowest BCUT2D eigenvalue weighted by molar-refractivity contribution is -0.114. The normalized spacial score (nSPS) is 21.0. The quantitative estimate of drug-likeness (QED) is 0.513. The first-order valence-electron chi connectivity index (χ1n) is 12.3. The minimum Gasteiger partial charge on any atom is -0.507 e. The van der Waals surface area contributed by atoms with E-state index in [-0.39, 0.29) is 5.41 Å². The van der Waals surface area contributed by atoms with Crippen molar-refractivity contribution in [1.82, 2.24) is 0 Å². The molecule has 0 unspecified atom stereocenters. The molecule has 0 saturated heterocycles. The SMILES string of the molecule is CC(C)(C=O)Cc1cc(C2CCCCCCC2)c(O)c(C2CCCCCCC2)c1. The van der Waals surface area contributed by atoms with E-state index in [0.29, 0.717) is 17.6 Å². The van der Waals surface area contributed by atoms with Crippen molar-refractivity contribution in [3.8, 4) is 5.75 Å². The number of carbonyl (C=O) groups excluding carboxylic acids is 1. The van der Waals surface area contributed by atoms with E-state index in [2.05, 4.69) is 12.1 Å². The highest BCUT2D eigenvalue weighted by molar-refractivity contribution is 5.59. The third-order valence-corrected chi connectivity index (χ3v) is 7.30. The van der Waals surface area contributed by atoms with E-state index in [1.54, 1.807) is 0 Å². The smallest absolute Gasteiger partial charge is 0.125 e. The molecule has 2 saturated carbocycles. The summed E-state index contributed by atoms with van der Waals surface area (Å²) < 4.78 is 0. The van der Waals surface area contributed by atoms with Crippen LogP contribution in [0.25, 0.3) is 0 Å². The minimum atomic E-state index is -0.354. The summed E-state index contributed by atoms with van der Waals surface area (Å²) >= 11 is 0. The summed E-state index contributed by atoms with van der Waals surface area (Å²) in [4.78, 5) is 11.6. The van der Waals surface area contributed by atoms with Crippen molar-refractivity contribution in [2.45, 2.75) is 122 Å². The highest BCUT2D eigenvalue weighted by Crippen LogP contribution is 2.43. The number of rotatable bonds is 5. The van der Waals surface area contributed by atoms with Gasteiger partial charge in [-0.1, -0.05) is 90.2 Å². The Bertz CT molecular complexity index is 601. The average Bonchev–Trinajstić information content (AvgIpc) is 2.63. The van der Waals surface area contributed by atoms with E-state index < -0.39 is 0 Å². The molecule has 0 atom stereocenters. The number of hydrogen-bond acceptors (Lipinski definition) is 2. The second kappa shape index (κ2) is 10.6. The maximum absolute atomic E-state index is 11.6. The van der Waals surface area contributed by atoms with Gasteiger partial charge in [0, 0.05) is 5.41 Å². The van der Waals surface area contributed by atoms with E-state index >= 15 is 0 Å². The molecule has 1 aromatic carbocycles. The first-order chi connectivity index (χ1) is 14.0. The minimum absolute atomic E-state index is 0.354. The van der Waals surface area contributed by atoms with E-state index in [1.165, 1.54) is 107 Å². The molecule has 2 heteroatoms. The largest absolute Gasteiger partial charge is 0.507 e. The molecular formula is C27H42O2. The topological polar surface area (TPSA) is 37.3 Å². The summed E-state index contributed by atoms with van der Waals surface area (Å²) in [6.45, 7) is 4.05. The molecule has 2 aliphatic carbocycles. The Kier molecular flexibility index (Phi) is 8.21. The Morgan fingerprint density at radius 1 is 0.793 bits per heavy atom. The predicted octanol–water partition coefficient (Wildman–Crippen LogP) is 7.82. The van der Waals surface area contributed by atoms with E-state index in [0.717, 1.165) is 12.7 Å². The van der Waals surface area contributed by atoms with Crippen LogP contribution in [-0.2, 0) is 11.2 Å². The van der Waals surface area contributed by atoms with Gasteiger partial charge in [0.15, 0.2) is 0 Å². The van der Waals surface area contributed by atoms with Crippen LogP contribution in [0.5, 0.6) is 5.75 Å². The van der Waals surface area contributed by atoms with E-state index in [1.807, 2.05) is 13.8 Å². The molecule has 0 radical (unpaired) electrons. The number of phenols is 1. The predicted molar refractivity (Wildman–Crippen MR) is 122 cm³/mol. The van der Waals surface area contributed by atoms with Crippen LogP contribution in [0.1, 0.15) is 132 Å². The molecule has 0 aliphatic heterocycles. The highest BCUT2D eigenvalue weighted by Gasteiger charge is 2.26.